The third kappa shape index (κ3) is 4.54. The minimum Gasteiger partial charge on any atom is -0.382 e. The van der Waals surface area contributed by atoms with Crippen LogP contribution in [0.2, 0.25) is 0 Å². The molecule has 1 N–H and O–H groups in total. The van der Waals surface area contributed by atoms with E-state index in [9.17, 15) is 0 Å². The fourth-order valence-corrected chi connectivity index (χ4v) is 3.26. The summed E-state index contributed by atoms with van der Waals surface area (Å²) >= 11 is 1.81. The Morgan fingerprint density at radius 1 is 1.30 bits per heavy atom. The van der Waals surface area contributed by atoms with Crippen LogP contribution < -0.4 is 5.32 Å². The van der Waals surface area contributed by atoms with E-state index in [0.29, 0.717) is 6.04 Å². The van der Waals surface area contributed by atoms with Crippen molar-refractivity contribution in [1.82, 2.24) is 10.3 Å². The second-order valence-electron chi connectivity index (χ2n) is 4.92. The summed E-state index contributed by atoms with van der Waals surface area (Å²) in [5, 5.41) is 4.83. The number of hydrogen-bond donors (Lipinski definition) is 1. The van der Waals surface area contributed by atoms with E-state index < -0.39 is 0 Å². The van der Waals surface area contributed by atoms with E-state index in [2.05, 4.69) is 30.4 Å². The van der Waals surface area contributed by atoms with Crippen LogP contribution in [0.3, 0.4) is 0 Å². The van der Waals surface area contributed by atoms with E-state index in [-0.39, 0.29) is 0 Å². The van der Waals surface area contributed by atoms with Crippen LogP contribution in [0.25, 0.3) is 10.2 Å². The van der Waals surface area contributed by atoms with Crippen LogP contribution in [-0.2, 0) is 11.2 Å². The number of nitrogens with one attached hydrogen (secondary N) is 1. The smallest absolute Gasteiger partial charge is 0.0954 e. The van der Waals surface area contributed by atoms with E-state index >= 15 is 0 Å². The van der Waals surface area contributed by atoms with Crippen LogP contribution in [0.1, 0.15) is 31.7 Å². The molecule has 0 fully saturated rings. The highest BCUT2D eigenvalue weighted by molar-refractivity contribution is 7.18. The Labute approximate surface area is 125 Å². The molecule has 0 bridgehead atoms. The molecule has 0 aliphatic rings. The molecule has 1 aromatic heterocycles. The first-order chi connectivity index (χ1) is 9.83. The summed E-state index contributed by atoms with van der Waals surface area (Å²) in [6, 6.07) is 8.82. The molecule has 20 heavy (non-hydrogen) atoms. The van der Waals surface area contributed by atoms with Gasteiger partial charge >= 0.3 is 0 Å². The molecule has 1 atom stereocenters. The quantitative estimate of drug-likeness (QED) is 0.717. The number of para-hydroxylation sites is 1. The summed E-state index contributed by atoms with van der Waals surface area (Å²) in [7, 11) is 0. The largest absolute Gasteiger partial charge is 0.382 e. The van der Waals surface area contributed by atoms with Crippen molar-refractivity contribution < 1.29 is 4.74 Å². The van der Waals surface area contributed by atoms with Crippen molar-refractivity contribution in [3.05, 3.63) is 29.3 Å². The van der Waals surface area contributed by atoms with Crippen molar-refractivity contribution in [2.24, 2.45) is 0 Å². The van der Waals surface area contributed by atoms with Crippen LogP contribution >= 0.6 is 11.3 Å². The lowest BCUT2D eigenvalue weighted by molar-refractivity contribution is 0.136. The number of aromatic nitrogens is 1. The molecule has 0 aliphatic carbocycles. The van der Waals surface area contributed by atoms with Crippen LogP contribution in [0.4, 0.5) is 0 Å². The predicted octanol–water partition coefficient (Wildman–Crippen LogP) is 3.63. The zero-order valence-electron chi connectivity index (χ0n) is 12.4. The highest BCUT2D eigenvalue weighted by atomic mass is 32.1. The van der Waals surface area contributed by atoms with Gasteiger partial charge in [-0.15, -0.1) is 11.3 Å². The molecular formula is C16H24N2OS. The maximum Gasteiger partial charge on any atom is 0.0954 e. The van der Waals surface area contributed by atoms with Gasteiger partial charge in [0.1, 0.15) is 0 Å². The van der Waals surface area contributed by atoms with Crippen molar-refractivity contribution in [3.8, 4) is 0 Å². The van der Waals surface area contributed by atoms with Gasteiger partial charge in [0.15, 0.2) is 0 Å². The Kier molecular flexibility index (Phi) is 6.43. The molecule has 1 aromatic carbocycles. The average Bonchev–Trinajstić information content (AvgIpc) is 2.87. The van der Waals surface area contributed by atoms with Crippen molar-refractivity contribution in [2.45, 2.75) is 39.2 Å². The average molecular weight is 292 g/mol. The zero-order chi connectivity index (χ0) is 14.2. The van der Waals surface area contributed by atoms with Gasteiger partial charge in [0.05, 0.1) is 15.2 Å². The van der Waals surface area contributed by atoms with Crippen molar-refractivity contribution in [1.29, 1.82) is 0 Å². The second-order valence-corrected chi connectivity index (χ2v) is 6.03. The van der Waals surface area contributed by atoms with Crippen molar-refractivity contribution >= 4 is 21.6 Å². The highest BCUT2D eigenvalue weighted by Crippen LogP contribution is 2.22. The second kappa shape index (κ2) is 8.35. The highest BCUT2D eigenvalue weighted by Gasteiger charge is 2.12. The summed E-state index contributed by atoms with van der Waals surface area (Å²) in [6.45, 7) is 6.92. The van der Waals surface area contributed by atoms with E-state index in [1.54, 1.807) is 11.3 Å². The molecule has 0 spiro atoms. The summed E-state index contributed by atoms with van der Waals surface area (Å²) in [5.41, 5.74) is 1.12. The molecule has 3 nitrogen and oxygen atoms in total. The number of fused-ring (bicyclic) bond motifs is 1. The first-order valence-electron chi connectivity index (χ1n) is 7.49. The number of ether oxygens (including phenoxy) is 1. The summed E-state index contributed by atoms with van der Waals surface area (Å²) in [5.74, 6) is 0. The number of hydrogen-bond acceptors (Lipinski definition) is 4. The maximum atomic E-state index is 5.48. The van der Waals surface area contributed by atoms with Crippen molar-refractivity contribution in [2.75, 3.05) is 19.8 Å². The third-order valence-electron chi connectivity index (χ3n) is 3.26. The molecule has 0 aliphatic heterocycles. The molecule has 2 aromatic rings. The van der Waals surface area contributed by atoms with Gasteiger partial charge in [-0.3, -0.25) is 0 Å². The lowest BCUT2D eigenvalue weighted by Gasteiger charge is -2.17. The molecule has 0 amide bonds. The van der Waals surface area contributed by atoms with E-state index in [4.69, 9.17) is 9.72 Å². The van der Waals surface area contributed by atoms with Gasteiger partial charge in [-0.25, -0.2) is 4.98 Å². The normalized spacial score (nSPS) is 12.9. The predicted molar refractivity (Wildman–Crippen MR) is 86.5 cm³/mol. The minimum absolute atomic E-state index is 0.460. The van der Waals surface area contributed by atoms with Gasteiger partial charge in [0.2, 0.25) is 0 Å². The Balaban J connectivity index is 1.97. The van der Waals surface area contributed by atoms with Crippen LogP contribution in [-0.4, -0.2) is 30.8 Å². The first-order valence-corrected chi connectivity index (χ1v) is 8.30. The third-order valence-corrected chi connectivity index (χ3v) is 4.32. The van der Waals surface area contributed by atoms with Gasteiger partial charge in [-0.1, -0.05) is 19.1 Å². The molecule has 0 saturated carbocycles. The fraction of sp³-hybridized carbons (Fsp3) is 0.562. The Bertz CT molecular complexity index is 479. The van der Waals surface area contributed by atoms with Crippen LogP contribution in [0.5, 0.6) is 0 Å². The maximum absolute atomic E-state index is 5.48. The molecule has 1 unspecified atom stereocenters. The zero-order valence-corrected chi connectivity index (χ0v) is 13.2. The lowest BCUT2D eigenvalue weighted by Crippen LogP contribution is -2.33. The monoisotopic (exact) mass is 292 g/mol. The van der Waals surface area contributed by atoms with Gasteiger partial charge in [0.25, 0.3) is 0 Å². The molecule has 2 rings (SSSR count). The molecular weight excluding hydrogens is 268 g/mol. The Morgan fingerprint density at radius 2 is 2.15 bits per heavy atom. The van der Waals surface area contributed by atoms with Crippen molar-refractivity contribution in [3.63, 3.8) is 0 Å². The van der Waals surface area contributed by atoms with Gasteiger partial charge in [0, 0.05) is 25.7 Å². The number of thiazole rings is 1. The lowest BCUT2D eigenvalue weighted by atomic mass is 10.1. The molecule has 4 heteroatoms. The molecule has 110 valence electrons. The summed E-state index contributed by atoms with van der Waals surface area (Å²) < 4.78 is 6.76. The molecule has 0 saturated heterocycles. The van der Waals surface area contributed by atoms with E-state index in [0.717, 1.165) is 44.5 Å². The number of rotatable bonds is 9. The first kappa shape index (κ1) is 15.4. The standard InChI is InChI=1S/C16H24N2OS/c1-3-10-17-13(9-11-19-4-2)12-16-18-14-7-5-6-8-15(14)20-16/h5-8,13,17H,3-4,9-12H2,1-2H3. The SMILES string of the molecule is CCCNC(CCOCC)Cc1nc2ccccc2s1. The minimum atomic E-state index is 0.460. The van der Waals surface area contributed by atoms with Gasteiger partial charge in [-0.05, 0) is 38.4 Å². The molecule has 1 heterocycles. The number of benzene rings is 1. The van der Waals surface area contributed by atoms with Gasteiger partial charge in [-0.2, -0.15) is 0 Å². The van der Waals surface area contributed by atoms with E-state index in [1.165, 1.54) is 9.71 Å². The summed E-state index contributed by atoms with van der Waals surface area (Å²) in [6.07, 6.45) is 3.20. The van der Waals surface area contributed by atoms with Crippen LogP contribution in [0.15, 0.2) is 24.3 Å². The van der Waals surface area contributed by atoms with Gasteiger partial charge < -0.3 is 10.1 Å². The van der Waals surface area contributed by atoms with Crippen LogP contribution in [0, 0.1) is 0 Å². The fourth-order valence-electron chi connectivity index (χ4n) is 2.21. The van der Waals surface area contributed by atoms with E-state index in [1.807, 2.05) is 13.0 Å². The topological polar surface area (TPSA) is 34.1 Å². The number of nitrogens with zero attached hydrogens (tertiary/aromatic N) is 1. The molecule has 0 radical (unpaired) electrons. The summed E-state index contributed by atoms with van der Waals surface area (Å²) in [4.78, 5) is 4.73. The Hall–Kier alpha value is -0.970. The Morgan fingerprint density at radius 3 is 2.90 bits per heavy atom.